The first-order chi connectivity index (χ1) is 47.7. The highest BCUT2D eigenvalue weighted by atomic mass is 16.3. The summed E-state index contributed by atoms with van der Waals surface area (Å²) in [7, 11) is 0. The Kier molecular flexibility index (Phi) is 12.1. The second kappa shape index (κ2) is 21.5. The lowest BCUT2D eigenvalue weighted by Crippen LogP contribution is -2.64. The number of para-hydroxylation sites is 10. The summed E-state index contributed by atoms with van der Waals surface area (Å²) >= 11 is 0. The molecular formula is C86H56B2N6O2. The molecule has 0 spiro atoms. The van der Waals surface area contributed by atoms with E-state index in [2.05, 4.69) is 369 Å². The molecule has 0 amide bonds. The first-order valence-electron chi connectivity index (χ1n) is 32.9. The number of nitrogens with zero attached hydrogens (tertiary/aromatic N) is 6. The van der Waals surface area contributed by atoms with Gasteiger partial charge in [0.2, 0.25) is 0 Å². The molecule has 0 atom stereocenters. The summed E-state index contributed by atoms with van der Waals surface area (Å²) in [6.45, 7) is -0.682. The van der Waals surface area contributed by atoms with Crippen molar-refractivity contribution in [1.29, 1.82) is 0 Å². The predicted octanol–water partition coefficient (Wildman–Crippen LogP) is 19.4. The monoisotopic (exact) mass is 1230 g/mol. The molecule has 0 aliphatic carbocycles. The van der Waals surface area contributed by atoms with Gasteiger partial charge in [-0.15, -0.1) is 0 Å². The average Bonchev–Trinajstić information content (AvgIpc) is 0.940. The molecule has 0 fully saturated rings. The van der Waals surface area contributed by atoms with Gasteiger partial charge in [-0.1, -0.05) is 182 Å². The highest BCUT2D eigenvalue weighted by molar-refractivity contribution is 7.02. The Morgan fingerprint density at radius 1 is 0.229 bits per heavy atom. The third-order valence-corrected chi connectivity index (χ3v) is 19.9. The maximum atomic E-state index is 7.58. The number of hydrogen-bond acceptors (Lipinski definition) is 8. The van der Waals surface area contributed by atoms with Crippen molar-refractivity contribution < 1.29 is 8.83 Å². The van der Waals surface area contributed by atoms with Crippen molar-refractivity contribution in [2.24, 2.45) is 0 Å². The van der Waals surface area contributed by atoms with E-state index in [1.165, 1.54) is 16.4 Å². The molecule has 96 heavy (non-hydrogen) atoms. The minimum atomic E-state index is -0.384. The van der Waals surface area contributed by atoms with Crippen molar-refractivity contribution in [1.82, 2.24) is 0 Å². The number of rotatable bonds is 10. The summed E-state index contributed by atoms with van der Waals surface area (Å²) in [4.78, 5) is 14.9. The van der Waals surface area contributed by atoms with Crippen LogP contribution in [0.5, 0.6) is 0 Å². The summed E-state index contributed by atoms with van der Waals surface area (Å²) in [5.74, 6) is 0. The fourth-order valence-electron chi connectivity index (χ4n) is 16.0. The zero-order chi connectivity index (χ0) is 63.0. The molecule has 0 radical (unpaired) electrons. The van der Waals surface area contributed by atoms with Crippen LogP contribution in [-0.2, 0) is 0 Å². The molecule has 448 valence electrons. The van der Waals surface area contributed by atoms with E-state index in [9.17, 15) is 0 Å². The smallest absolute Gasteiger partial charge is 0.297 e. The molecule has 4 aliphatic heterocycles. The van der Waals surface area contributed by atoms with E-state index in [0.717, 1.165) is 152 Å². The van der Waals surface area contributed by atoms with Gasteiger partial charge in [0.1, 0.15) is 16.7 Å². The van der Waals surface area contributed by atoms with E-state index < -0.39 is 0 Å². The SMILES string of the molecule is c1ccc(N(c2ccccc2)c2cc3c4c(c2)N(c2ccccc2)c2cc5oc6ccccc6c5cc2B4c2cc4c(cc2N3c2ccccc2)B2c3oc5ccccc5c3N(c3ccccc3)c3cc(N(c5ccccc5)c5ccccc5)cc(c32)N4c2ccccc2)cc1. The lowest BCUT2D eigenvalue weighted by atomic mass is 9.31. The van der Waals surface area contributed by atoms with Crippen molar-refractivity contribution in [3.05, 3.63) is 340 Å². The van der Waals surface area contributed by atoms with Crippen LogP contribution in [0.4, 0.5) is 102 Å². The molecule has 8 nitrogen and oxygen atoms in total. The van der Waals surface area contributed by atoms with Crippen LogP contribution in [0.15, 0.2) is 349 Å². The molecule has 0 N–H and O–H groups in total. The average molecular weight is 1230 g/mol. The van der Waals surface area contributed by atoms with Gasteiger partial charge in [0, 0.05) is 108 Å². The first-order valence-corrected chi connectivity index (χ1v) is 32.9. The molecular weight excluding hydrogens is 1170 g/mol. The molecule has 2 aromatic heterocycles. The first kappa shape index (κ1) is 54.0. The van der Waals surface area contributed by atoms with E-state index in [1.807, 2.05) is 0 Å². The zero-order valence-electron chi connectivity index (χ0n) is 52.0. The van der Waals surface area contributed by atoms with Crippen molar-refractivity contribution in [3.8, 4) is 0 Å². The Labute approximate surface area is 556 Å². The van der Waals surface area contributed by atoms with Crippen LogP contribution in [0.2, 0.25) is 0 Å². The molecule has 0 saturated carbocycles. The predicted molar refractivity (Wildman–Crippen MR) is 401 cm³/mol. The van der Waals surface area contributed by atoms with Crippen molar-refractivity contribution in [3.63, 3.8) is 0 Å². The Balaban J connectivity index is 0.940. The highest BCUT2D eigenvalue weighted by Gasteiger charge is 2.51. The topological polar surface area (TPSA) is 45.7 Å². The molecule has 20 rings (SSSR count). The fourth-order valence-corrected chi connectivity index (χ4v) is 16.0. The third-order valence-electron chi connectivity index (χ3n) is 19.9. The van der Waals surface area contributed by atoms with Crippen LogP contribution in [-0.4, -0.2) is 13.4 Å². The summed E-state index contributed by atoms with van der Waals surface area (Å²) < 4.78 is 14.5. The lowest BCUT2D eigenvalue weighted by Gasteiger charge is -2.47. The quantitative estimate of drug-likeness (QED) is 0.126. The van der Waals surface area contributed by atoms with E-state index in [0.29, 0.717) is 0 Å². The highest BCUT2D eigenvalue weighted by Crippen LogP contribution is 2.53. The van der Waals surface area contributed by atoms with Crippen LogP contribution < -0.4 is 62.4 Å². The van der Waals surface area contributed by atoms with E-state index >= 15 is 0 Å². The number of anilines is 18. The van der Waals surface area contributed by atoms with Gasteiger partial charge < -0.3 is 38.2 Å². The molecule has 0 unspecified atom stereocenters. The molecule has 16 aromatic rings. The normalized spacial score (nSPS) is 13.1. The van der Waals surface area contributed by atoms with Crippen LogP contribution in [0.25, 0.3) is 32.9 Å². The Morgan fingerprint density at radius 3 is 0.990 bits per heavy atom. The van der Waals surface area contributed by atoms with E-state index in [-0.39, 0.29) is 13.4 Å². The minimum absolute atomic E-state index is 0.298. The number of furan rings is 2. The van der Waals surface area contributed by atoms with Gasteiger partial charge >= 0.3 is 0 Å². The summed E-state index contributed by atoms with van der Waals surface area (Å²) in [5, 5.41) is 3.20. The van der Waals surface area contributed by atoms with E-state index in [4.69, 9.17) is 8.83 Å². The fraction of sp³-hybridized carbons (Fsp3) is 0. The molecule has 6 heterocycles. The molecule has 14 aromatic carbocycles. The Morgan fingerprint density at radius 2 is 0.552 bits per heavy atom. The van der Waals surface area contributed by atoms with Gasteiger partial charge in [0.25, 0.3) is 13.4 Å². The molecule has 0 saturated heterocycles. The summed E-state index contributed by atoms with van der Waals surface area (Å²) in [6.07, 6.45) is 0. The molecule has 4 aliphatic rings. The number of hydrogen-bond donors (Lipinski definition) is 0. The van der Waals surface area contributed by atoms with Crippen LogP contribution in [0, 0.1) is 0 Å². The maximum absolute atomic E-state index is 7.58. The zero-order valence-corrected chi connectivity index (χ0v) is 52.0. The Bertz CT molecular complexity index is 5630. The van der Waals surface area contributed by atoms with E-state index in [1.54, 1.807) is 0 Å². The Hall–Kier alpha value is -12.7. The van der Waals surface area contributed by atoms with Gasteiger partial charge in [-0.25, -0.2) is 0 Å². The number of benzene rings is 14. The van der Waals surface area contributed by atoms with Gasteiger partial charge in [-0.05, 0) is 179 Å². The summed E-state index contributed by atoms with van der Waals surface area (Å²) in [6, 6.07) is 124. The van der Waals surface area contributed by atoms with Gasteiger partial charge in [-0.3, -0.25) is 0 Å². The van der Waals surface area contributed by atoms with Crippen LogP contribution in [0.3, 0.4) is 0 Å². The largest absolute Gasteiger partial charge is 0.468 e. The minimum Gasteiger partial charge on any atom is -0.468 e. The van der Waals surface area contributed by atoms with Gasteiger partial charge in [-0.2, -0.15) is 0 Å². The maximum Gasteiger partial charge on any atom is 0.297 e. The second-order valence-electron chi connectivity index (χ2n) is 25.1. The molecule has 10 heteroatoms. The summed E-state index contributed by atoms with van der Waals surface area (Å²) in [5.41, 5.74) is 28.2. The van der Waals surface area contributed by atoms with Gasteiger partial charge in [0.05, 0.1) is 22.7 Å². The van der Waals surface area contributed by atoms with Crippen LogP contribution in [0.1, 0.15) is 0 Å². The van der Waals surface area contributed by atoms with Crippen molar-refractivity contribution >= 4 is 182 Å². The molecule has 0 bridgehead atoms. The van der Waals surface area contributed by atoms with Gasteiger partial charge in [0.15, 0.2) is 0 Å². The van der Waals surface area contributed by atoms with Crippen LogP contribution >= 0.6 is 0 Å². The number of fused-ring (bicyclic) bond motifs is 13. The lowest BCUT2D eigenvalue weighted by molar-refractivity contribution is 0.651. The van der Waals surface area contributed by atoms with Crippen molar-refractivity contribution in [2.75, 3.05) is 29.4 Å². The van der Waals surface area contributed by atoms with Crippen molar-refractivity contribution in [2.45, 2.75) is 0 Å². The standard InChI is InChI=1S/C86H56B2N6O2/c1-9-29-57(30-10-1)89(58-31-11-2-12-32-58)65-49-76-83-77(50-65)93(63-41-21-7-22-42-63)75-56-82-69(67-45-25-27-47-80(67)95-82)53-70(75)87(83)71-54-74-72(55-73(71)91(76)61-37-17-5-18-38-61)88-84-78(92(74)62-39-19-6-20-40-62)51-66(90(59-33-13-3-14-34-59)60-35-15-4-16-36-60)52-79(84)94(64-43-23-8-24-44-64)85-68-46-26-28-48-81(68)96-86(85)88/h1-56H. The third kappa shape index (κ3) is 8.18. The second-order valence-corrected chi connectivity index (χ2v) is 25.1.